The first-order valence-corrected chi connectivity index (χ1v) is 11.7. The van der Waals surface area contributed by atoms with Crippen LogP contribution in [0.25, 0.3) is 0 Å². The van der Waals surface area contributed by atoms with Gasteiger partial charge in [-0.1, -0.05) is 38.8 Å². The molecule has 1 aromatic rings. The molecule has 2 fully saturated rings. The van der Waals surface area contributed by atoms with Gasteiger partial charge in [0.15, 0.2) is 0 Å². The molecule has 5 heteroatoms. The Balaban J connectivity index is 1.18. The predicted molar refractivity (Wildman–Crippen MR) is 117 cm³/mol. The van der Waals surface area contributed by atoms with Gasteiger partial charge in [0.25, 0.3) is 0 Å². The maximum Gasteiger partial charge on any atom is 0.229 e. The summed E-state index contributed by atoms with van der Waals surface area (Å²) in [5.74, 6) is 1.05. The zero-order valence-electron chi connectivity index (χ0n) is 18.5. The first kappa shape index (κ1) is 21.4. The number of piperidine rings is 1. The lowest BCUT2D eigenvalue weighted by Crippen LogP contribution is -2.46. The highest BCUT2D eigenvalue weighted by Crippen LogP contribution is 2.43. The minimum Gasteiger partial charge on any atom is -0.508 e. The minimum absolute atomic E-state index is 0.00275. The number of aromatic hydroxyl groups is 1. The number of phenolic OH excluding ortho intramolecular Hbond substituents is 1. The van der Waals surface area contributed by atoms with Gasteiger partial charge in [0.05, 0.1) is 0 Å². The third-order valence-corrected chi connectivity index (χ3v) is 7.38. The molecule has 0 bridgehead atoms. The normalized spacial score (nSPS) is 26.0. The van der Waals surface area contributed by atoms with Gasteiger partial charge in [-0.3, -0.25) is 19.4 Å². The Morgan fingerprint density at radius 3 is 2.43 bits per heavy atom. The van der Waals surface area contributed by atoms with Crippen LogP contribution in [0.15, 0.2) is 18.2 Å². The Morgan fingerprint density at radius 1 is 1.00 bits per heavy atom. The zero-order valence-corrected chi connectivity index (χ0v) is 18.5. The molecule has 30 heavy (non-hydrogen) atoms. The molecule has 2 atom stereocenters. The number of benzene rings is 1. The van der Waals surface area contributed by atoms with Gasteiger partial charge in [-0.05, 0) is 67.8 Å². The van der Waals surface area contributed by atoms with Gasteiger partial charge in [0.2, 0.25) is 11.8 Å². The van der Waals surface area contributed by atoms with E-state index in [-0.39, 0.29) is 17.2 Å². The molecule has 164 valence electrons. The van der Waals surface area contributed by atoms with E-state index in [9.17, 15) is 14.7 Å². The van der Waals surface area contributed by atoms with Gasteiger partial charge in [0.1, 0.15) is 5.75 Å². The van der Waals surface area contributed by atoms with E-state index in [0.29, 0.717) is 37.1 Å². The molecule has 1 aromatic carbocycles. The molecule has 2 saturated heterocycles. The van der Waals surface area contributed by atoms with Crippen molar-refractivity contribution in [2.45, 2.75) is 83.6 Å². The molecule has 0 aromatic heterocycles. The molecule has 0 spiro atoms. The number of amides is 2. The zero-order chi connectivity index (χ0) is 21.3. The summed E-state index contributed by atoms with van der Waals surface area (Å²) in [7, 11) is 0. The molecule has 0 radical (unpaired) electrons. The Labute approximate surface area is 180 Å². The van der Waals surface area contributed by atoms with E-state index in [0.717, 1.165) is 45.2 Å². The van der Waals surface area contributed by atoms with Crippen molar-refractivity contribution in [2.24, 2.45) is 5.41 Å². The highest BCUT2D eigenvalue weighted by molar-refractivity contribution is 5.98. The number of nitrogens with zero attached hydrogens (tertiary/aromatic N) is 2. The fourth-order valence-corrected chi connectivity index (χ4v) is 5.84. The maximum absolute atomic E-state index is 12.2. The van der Waals surface area contributed by atoms with Crippen molar-refractivity contribution in [1.29, 1.82) is 0 Å². The molecule has 5 nitrogen and oxygen atoms in total. The second-order valence-electron chi connectivity index (χ2n) is 10.3. The lowest BCUT2D eigenvalue weighted by molar-refractivity contribution is -0.152. The average Bonchev–Trinajstić information content (AvgIpc) is 3.09. The van der Waals surface area contributed by atoms with Crippen molar-refractivity contribution >= 4 is 11.8 Å². The van der Waals surface area contributed by atoms with Crippen LogP contribution in [0.1, 0.15) is 82.3 Å². The predicted octanol–water partition coefficient (Wildman–Crippen LogP) is 4.23. The van der Waals surface area contributed by atoms with Crippen LogP contribution < -0.4 is 0 Å². The third kappa shape index (κ3) is 4.41. The summed E-state index contributed by atoms with van der Waals surface area (Å²) in [6.45, 7) is 6.86. The number of unbranched alkanes of at least 4 members (excludes halogenated alkanes) is 3. The largest absolute Gasteiger partial charge is 0.508 e. The van der Waals surface area contributed by atoms with E-state index in [1.807, 2.05) is 26.0 Å². The van der Waals surface area contributed by atoms with Crippen molar-refractivity contribution < 1.29 is 14.7 Å². The minimum atomic E-state index is -0.184. The van der Waals surface area contributed by atoms with E-state index >= 15 is 0 Å². The Bertz CT molecular complexity index is 784. The number of carbonyl (C=O) groups excluding carboxylic acids is 2. The van der Waals surface area contributed by atoms with Crippen LogP contribution in [0.2, 0.25) is 0 Å². The van der Waals surface area contributed by atoms with Crippen molar-refractivity contribution in [1.82, 2.24) is 9.80 Å². The molecule has 2 heterocycles. The monoisotopic (exact) mass is 412 g/mol. The van der Waals surface area contributed by atoms with Gasteiger partial charge in [-0.25, -0.2) is 0 Å². The summed E-state index contributed by atoms with van der Waals surface area (Å²) in [6.07, 6.45) is 8.58. The van der Waals surface area contributed by atoms with Crippen LogP contribution in [0.4, 0.5) is 0 Å². The number of carbonyl (C=O) groups is 2. The fraction of sp³-hybridized carbons (Fsp3) is 0.680. The van der Waals surface area contributed by atoms with Gasteiger partial charge in [-0.15, -0.1) is 0 Å². The number of rotatable bonds is 7. The second kappa shape index (κ2) is 8.70. The number of phenols is 1. The van der Waals surface area contributed by atoms with Crippen LogP contribution in [0, 0.1) is 5.41 Å². The molecule has 3 aliphatic rings. The lowest BCUT2D eigenvalue weighted by Gasteiger charge is -2.34. The molecule has 2 amide bonds. The average molecular weight is 413 g/mol. The quantitative estimate of drug-likeness (QED) is 0.538. The SMILES string of the molecule is CC1(C)CC(=O)N(CCCCCCN2CCC3c4cccc(O)c4CCC32)C(=O)C1. The molecule has 0 saturated carbocycles. The topological polar surface area (TPSA) is 60.9 Å². The van der Waals surface area contributed by atoms with Crippen molar-refractivity contribution in [3.8, 4) is 5.75 Å². The smallest absolute Gasteiger partial charge is 0.229 e. The Morgan fingerprint density at radius 2 is 1.70 bits per heavy atom. The van der Waals surface area contributed by atoms with Gasteiger partial charge < -0.3 is 5.11 Å². The van der Waals surface area contributed by atoms with E-state index in [1.165, 1.54) is 28.9 Å². The van der Waals surface area contributed by atoms with E-state index < -0.39 is 0 Å². The maximum atomic E-state index is 12.2. The van der Waals surface area contributed by atoms with Crippen LogP contribution in [0.5, 0.6) is 5.75 Å². The fourth-order valence-electron chi connectivity index (χ4n) is 5.84. The summed E-state index contributed by atoms with van der Waals surface area (Å²) in [5.41, 5.74) is 2.36. The number of hydrogen-bond donors (Lipinski definition) is 1. The molecule has 2 aliphatic heterocycles. The molecule has 1 aliphatic carbocycles. The van der Waals surface area contributed by atoms with E-state index in [1.54, 1.807) is 0 Å². The van der Waals surface area contributed by atoms with Crippen molar-refractivity contribution in [3.05, 3.63) is 29.3 Å². The molecule has 1 N–H and O–H groups in total. The molecular weight excluding hydrogens is 376 g/mol. The number of fused-ring (bicyclic) bond motifs is 3. The van der Waals surface area contributed by atoms with Crippen molar-refractivity contribution in [3.63, 3.8) is 0 Å². The van der Waals surface area contributed by atoms with Gasteiger partial charge in [-0.2, -0.15) is 0 Å². The third-order valence-electron chi connectivity index (χ3n) is 7.38. The van der Waals surface area contributed by atoms with E-state index in [2.05, 4.69) is 11.0 Å². The first-order valence-electron chi connectivity index (χ1n) is 11.7. The second-order valence-corrected chi connectivity index (χ2v) is 10.3. The van der Waals surface area contributed by atoms with Crippen LogP contribution >= 0.6 is 0 Å². The Hall–Kier alpha value is -1.88. The summed E-state index contributed by atoms with van der Waals surface area (Å²) < 4.78 is 0. The van der Waals surface area contributed by atoms with Crippen LogP contribution in [-0.4, -0.2) is 52.4 Å². The summed E-state index contributed by atoms with van der Waals surface area (Å²) in [5, 5.41) is 10.2. The number of likely N-dealkylation sites (tertiary alicyclic amines) is 2. The Kier molecular flexibility index (Phi) is 6.19. The lowest BCUT2D eigenvalue weighted by atomic mass is 9.79. The van der Waals surface area contributed by atoms with Crippen molar-refractivity contribution in [2.75, 3.05) is 19.6 Å². The summed E-state index contributed by atoms with van der Waals surface area (Å²) in [6, 6.07) is 6.63. The van der Waals surface area contributed by atoms with Gasteiger partial charge >= 0.3 is 0 Å². The molecule has 4 rings (SSSR count). The number of imide groups is 1. The molecule has 2 unspecified atom stereocenters. The molecular formula is C25H36N2O3. The van der Waals surface area contributed by atoms with Crippen LogP contribution in [0.3, 0.4) is 0 Å². The summed E-state index contributed by atoms with van der Waals surface area (Å²) in [4.78, 5) is 28.6. The van der Waals surface area contributed by atoms with E-state index in [4.69, 9.17) is 0 Å². The number of hydrogen-bond acceptors (Lipinski definition) is 4. The standard InChI is InChI=1S/C25H36N2O3/c1-25(2)16-23(29)27(24(30)17-25)14-6-4-3-5-13-26-15-12-19-18-8-7-9-22(28)20(18)10-11-21(19)26/h7-9,19,21,28H,3-6,10-17H2,1-2H3. The summed E-state index contributed by atoms with van der Waals surface area (Å²) >= 11 is 0. The van der Waals surface area contributed by atoms with Gasteiger partial charge in [0, 0.05) is 31.3 Å². The highest BCUT2D eigenvalue weighted by Gasteiger charge is 2.39. The highest BCUT2D eigenvalue weighted by atomic mass is 16.3. The first-order chi connectivity index (χ1) is 14.4. The van der Waals surface area contributed by atoms with Crippen LogP contribution in [-0.2, 0) is 16.0 Å².